The maximum Gasteiger partial charge on any atom is 0.321 e. The molecule has 1 fully saturated rings. The van der Waals surface area contributed by atoms with E-state index in [1.165, 1.54) is 31.2 Å². The van der Waals surface area contributed by atoms with Crippen LogP contribution in [0.1, 0.15) is 45.7 Å². The van der Waals surface area contributed by atoms with Crippen LogP contribution in [-0.4, -0.2) is 40.3 Å². The number of carbonyl (C=O) groups is 3. The summed E-state index contributed by atoms with van der Waals surface area (Å²) >= 11 is 0. The lowest BCUT2D eigenvalue weighted by molar-refractivity contribution is 0.101. The zero-order valence-electron chi connectivity index (χ0n) is 19.7. The molecule has 0 radical (unpaired) electrons. The van der Waals surface area contributed by atoms with Crippen LogP contribution in [0.5, 0.6) is 0 Å². The predicted octanol–water partition coefficient (Wildman–Crippen LogP) is 4.09. The number of pyridine rings is 1. The van der Waals surface area contributed by atoms with Crippen LogP contribution in [-0.2, 0) is 6.54 Å². The highest BCUT2D eigenvalue weighted by Gasteiger charge is 2.36. The van der Waals surface area contributed by atoms with Crippen LogP contribution >= 0.6 is 0 Å². The van der Waals surface area contributed by atoms with Gasteiger partial charge in [-0.25, -0.2) is 9.18 Å². The molecule has 2 aliphatic rings. The lowest BCUT2D eigenvalue weighted by atomic mass is 9.83. The van der Waals surface area contributed by atoms with E-state index >= 15 is 0 Å². The first-order valence-corrected chi connectivity index (χ1v) is 11.8. The Bertz CT molecular complexity index is 1400. The number of likely N-dealkylation sites (tertiary alicyclic amines) is 1. The highest BCUT2D eigenvalue weighted by atomic mass is 19.1. The van der Waals surface area contributed by atoms with Gasteiger partial charge in [0.1, 0.15) is 11.5 Å². The Kier molecular flexibility index (Phi) is 6.13. The Morgan fingerprint density at radius 2 is 1.56 bits per heavy atom. The van der Waals surface area contributed by atoms with Gasteiger partial charge in [-0.1, -0.05) is 0 Å². The summed E-state index contributed by atoms with van der Waals surface area (Å²) in [6, 6.07) is 15.1. The summed E-state index contributed by atoms with van der Waals surface area (Å²) in [5.41, 5.74) is 2.15. The molecule has 5 rings (SSSR count). The van der Waals surface area contributed by atoms with Crippen LogP contribution in [0.25, 0.3) is 0 Å². The largest absolute Gasteiger partial charge is 0.324 e. The Balaban J connectivity index is 1.29. The third-order valence-electron chi connectivity index (χ3n) is 6.79. The predicted molar refractivity (Wildman–Crippen MR) is 133 cm³/mol. The summed E-state index contributed by atoms with van der Waals surface area (Å²) in [6.45, 7) is 2.91. The second kappa shape index (κ2) is 9.41. The molecule has 0 aliphatic carbocycles. The number of piperidine rings is 1. The molecule has 3 amide bonds. The van der Waals surface area contributed by atoms with Gasteiger partial charge in [0.05, 0.1) is 0 Å². The summed E-state index contributed by atoms with van der Waals surface area (Å²) < 4.78 is 14.8. The molecule has 2 aliphatic heterocycles. The molecule has 2 aromatic carbocycles. The number of Topliss-reactive ketones (excluding diaryl/α,β-unsaturated/α-hetero) is 1. The van der Waals surface area contributed by atoms with Crippen molar-refractivity contribution in [3.8, 4) is 0 Å². The number of rotatable bonds is 4. The van der Waals surface area contributed by atoms with Gasteiger partial charge in [0.25, 0.3) is 11.5 Å². The van der Waals surface area contributed by atoms with Gasteiger partial charge < -0.3 is 20.1 Å². The van der Waals surface area contributed by atoms with E-state index in [2.05, 4.69) is 10.6 Å². The normalized spacial score (nSPS) is 18.2. The minimum Gasteiger partial charge on any atom is -0.324 e. The number of urea groups is 1. The highest BCUT2D eigenvalue weighted by molar-refractivity contribution is 6.04. The molecular weight excluding hydrogens is 463 g/mol. The van der Waals surface area contributed by atoms with E-state index < -0.39 is 11.7 Å². The Morgan fingerprint density at radius 1 is 0.861 bits per heavy atom. The van der Waals surface area contributed by atoms with E-state index in [-0.39, 0.29) is 40.5 Å². The Hall–Kier alpha value is -4.27. The standard InChI is InChI=1S/C27H25FN4O4/c1-16(33)18-4-8-22(9-5-18)29-27(36)31-13-17-12-20(15-31)24-11-10-23(26(35)32(24)14-17)30-25(34)19-2-6-21(28)7-3-19/h2-11,17,20H,12-15H2,1H3,(H,29,36)(H,30,34)/t17-,20+/m0/s1. The van der Waals surface area contributed by atoms with Crippen LogP contribution < -0.4 is 16.2 Å². The van der Waals surface area contributed by atoms with E-state index in [0.717, 1.165) is 12.1 Å². The van der Waals surface area contributed by atoms with Gasteiger partial charge in [-0.3, -0.25) is 14.4 Å². The van der Waals surface area contributed by atoms with Crippen molar-refractivity contribution in [3.05, 3.63) is 93.7 Å². The van der Waals surface area contributed by atoms with E-state index in [1.54, 1.807) is 39.8 Å². The van der Waals surface area contributed by atoms with Crippen LogP contribution in [0.15, 0.2) is 65.5 Å². The molecule has 3 heterocycles. The molecule has 0 unspecified atom stereocenters. The third-order valence-corrected chi connectivity index (χ3v) is 6.79. The van der Waals surface area contributed by atoms with Crippen molar-refractivity contribution >= 4 is 29.1 Å². The average Bonchev–Trinajstić information content (AvgIpc) is 2.86. The molecule has 9 heteroatoms. The van der Waals surface area contributed by atoms with Gasteiger partial charge in [-0.15, -0.1) is 0 Å². The van der Waals surface area contributed by atoms with Crippen LogP contribution in [0.3, 0.4) is 0 Å². The minimum atomic E-state index is -0.483. The molecule has 8 nitrogen and oxygen atoms in total. The first-order chi connectivity index (χ1) is 17.3. The summed E-state index contributed by atoms with van der Waals surface area (Å²) in [7, 11) is 0. The summed E-state index contributed by atoms with van der Waals surface area (Å²) in [5, 5.41) is 5.52. The molecule has 0 saturated carbocycles. The van der Waals surface area contributed by atoms with E-state index in [9.17, 15) is 23.6 Å². The molecule has 1 aromatic heterocycles. The highest BCUT2D eigenvalue weighted by Crippen LogP contribution is 2.35. The lowest BCUT2D eigenvalue weighted by Crippen LogP contribution is -2.50. The molecule has 2 atom stereocenters. The number of anilines is 2. The van der Waals surface area contributed by atoms with Gasteiger partial charge in [0.15, 0.2) is 5.78 Å². The van der Waals surface area contributed by atoms with Gasteiger partial charge >= 0.3 is 6.03 Å². The second-order valence-corrected chi connectivity index (χ2v) is 9.32. The number of fused-ring (bicyclic) bond motifs is 4. The molecule has 36 heavy (non-hydrogen) atoms. The number of ketones is 1. The fourth-order valence-corrected chi connectivity index (χ4v) is 4.99. The van der Waals surface area contributed by atoms with E-state index in [4.69, 9.17) is 0 Å². The summed E-state index contributed by atoms with van der Waals surface area (Å²) in [5.74, 6) is -0.868. The van der Waals surface area contributed by atoms with Crippen molar-refractivity contribution in [2.45, 2.75) is 25.8 Å². The molecule has 1 saturated heterocycles. The lowest BCUT2D eigenvalue weighted by Gasteiger charge is -2.42. The molecule has 0 spiro atoms. The van der Waals surface area contributed by atoms with Crippen molar-refractivity contribution in [1.82, 2.24) is 9.47 Å². The van der Waals surface area contributed by atoms with E-state index in [0.29, 0.717) is 30.9 Å². The monoisotopic (exact) mass is 488 g/mol. The smallest absolute Gasteiger partial charge is 0.321 e. The number of amides is 3. The fraction of sp³-hybridized carbons (Fsp3) is 0.259. The summed E-state index contributed by atoms with van der Waals surface area (Å²) in [6.07, 6.45) is 0.873. The van der Waals surface area contributed by atoms with Crippen LogP contribution in [0.2, 0.25) is 0 Å². The van der Waals surface area contributed by atoms with Crippen molar-refractivity contribution in [2.24, 2.45) is 5.92 Å². The quantitative estimate of drug-likeness (QED) is 0.540. The Morgan fingerprint density at radius 3 is 2.25 bits per heavy atom. The minimum absolute atomic E-state index is 0.00195. The summed E-state index contributed by atoms with van der Waals surface area (Å²) in [4.78, 5) is 51.8. The zero-order valence-corrected chi connectivity index (χ0v) is 19.7. The number of halogens is 1. The van der Waals surface area contributed by atoms with Gasteiger partial charge in [-0.2, -0.15) is 0 Å². The molecular formula is C27H25FN4O4. The maximum absolute atomic E-state index is 13.2. The SMILES string of the molecule is CC(=O)c1ccc(NC(=O)N2C[C@@H]3C[C@H](C2)c2ccc(NC(=O)c4ccc(F)cc4)c(=O)n2C3)cc1. The average molecular weight is 489 g/mol. The molecule has 2 bridgehead atoms. The third kappa shape index (κ3) is 4.64. The molecule has 2 N–H and O–H groups in total. The number of hydrogen-bond donors (Lipinski definition) is 2. The number of nitrogens with zero attached hydrogens (tertiary/aromatic N) is 2. The van der Waals surface area contributed by atoms with Crippen LogP contribution in [0, 0.1) is 11.7 Å². The van der Waals surface area contributed by atoms with E-state index in [1.807, 2.05) is 6.07 Å². The first kappa shape index (κ1) is 23.5. The van der Waals surface area contributed by atoms with Crippen LogP contribution in [0.4, 0.5) is 20.6 Å². The number of nitrogens with one attached hydrogen (secondary N) is 2. The second-order valence-electron chi connectivity index (χ2n) is 9.32. The topological polar surface area (TPSA) is 101 Å². The van der Waals surface area contributed by atoms with Crippen molar-refractivity contribution < 1.29 is 18.8 Å². The van der Waals surface area contributed by atoms with Crippen molar-refractivity contribution in [3.63, 3.8) is 0 Å². The fourth-order valence-electron chi connectivity index (χ4n) is 4.99. The Labute approximate surface area is 206 Å². The zero-order chi connectivity index (χ0) is 25.4. The number of aromatic nitrogens is 1. The number of hydrogen-bond acceptors (Lipinski definition) is 4. The number of carbonyl (C=O) groups excluding carboxylic acids is 3. The first-order valence-electron chi connectivity index (χ1n) is 11.8. The molecule has 3 aromatic rings. The van der Waals surface area contributed by atoms with Gasteiger partial charge in [-0.05, 0) is 79.9 Å². The number of benzene rings is 2. The van der Waals surface area contributed by atoms with Crippen molar-refractivity contribution in [1.29, 1.82) is 0 Å². The molecule has 184 valence electrons. The van der Waals surface area contributed by atoms with Gasteiger partial charge in [0, 0.05) is 48.1 Å². The maximum atomic E-state index is 13.2. The van der Waals surface area contributed by atoms with Gasteiger partial charge in [0.2, 0.25) is 0 Å². The van der Waals surface area contributed by atoms with Crippen molar-refractivity contribution in [2.75, 3.05) is 23.7 Å².